The first-order chi connectivity index (χ1) is 15.5. The first-order valence-corrected chi connectivity index (χ1v) is 12.2. The van der Waals surface area contributed by atoms with Gasteiger partial charge in [-0.3, -0.25) is 9.59 Å². The molecule has 1 atom stereocenters. The second kappa shape index (κ2) is 11.8. The molecule has 0 bridgehead atoms. The second-order valence-corrected chi connectivity index (χ2v) is 9.09. The fourth-order valence-corrected chi connectivity index (χ4v) is 4.51. The lowest BCUT2D eigenvalue weighted by Crippen LogP contribution is -2.51. The number of nitrogens with zero attached hydrogens (tertiary/aromatic N) is 1. The van der Waals surface area contributed by atoms with E-state index in [9.17, 15) is 9.59 Å². The van der Waals surface area contributed by atoms with Crippen molar-refractivity contribution >= 4 is 11.8 Å². The maximum absolute atomic E-state index is 13.4. The minimum absolute atomic E-state index is 0.00726. The maximum Gasteiger partial charge on any atom is 0.243 e. The fourth-order valence-electron chi connectivity index (χ4n) is 4.51. The van der Waals surface area contributed by atoms with E-state index < -0.39 is 6.04 Å². The predicted molar refractivity (Wildman–Crippen MR) is 130 cm³/mol. The molecule has 2 aromatic rings. The van der Waals surface area contributed by atoms with Crippen molar-refractivity contribution in [2.45, 2.75) is 90.8 Å². The van der Waals surface area contributed by atoms with Crippen molar-refractivity contribution in [2.24, 2.45) is 0 Å². The molecule has 1 aliphatic rings. The van der Waals surface area contributed by atoms with Crippen LogP contribution < -0.4 is 5.32 Å². The van der Waals surface area contributed by atoms with Crippen molar-refractivity contribution in [3.05, 3.63) is 70.8 Å². The normalized spacial score (nSPS) is 14.8. The summed E-state index contributed by atoms with van der Waals surface area (Å²) in [6, 6.07) is 16.5. The van der Waals surface area contributed by atoms with Gasteiger partial charge in [-0.15, -0.1) is 0 Å². The SMILES string of the molecule is CCc1ccc(CCC(=O)N(Cc2ccc(C)cc2)C(CC)C(=O)NC2CCCC2)cc1. The molecule has 1 aliphatic carbocycles. The minimum atomic E-state index is -0.438. The Kier molecular flexibility index (Phi) is 8.90. The van der Waals surface area contributed by atoms with Crippen LogP contribution in [0, 0.1) is 6.92 Å². The molecule has 3 rings (SSSR count). The molecule has 0 aromatic heterocycles. The van der Waals surface area contributed by atoms with Crippen LogP contribution in [0.3, 0.4) is 0 Å². The Bertz CT molecular complexity index is 867. The van der Waals surface area contributed by atoms with Crippen molar-refractivity contribution in [1.82, 2.24) is 10.2 Å². The molecule has 1 N–H and O–H groups in total. The molecular formula is C28H38N2O2. The Morgan fingerprint density at radius 2 is 1.53 bits per heavy atom. The third-order valence-electron chi connectivity index (χ3n) is 6.62. The lowest BCUT2D eigenvalue weighted by molar-refractivity contribution is -0.141. The van der Waals surface area contributed by atoms with Crippen LogP contribution in [0.5, 0.6) is 0 Å². The molecule has 32 heavy (non-hydrogen) atoms. The van der Waals surface area contributed by atoms with Gasteiger partial charge in [0, 0.05) is 19.0 Å². The van der Waals surface area contributed by atoms with Crippen LogP contribution in [0.2, 0.25) is 0 Å². The van der Waals surface area contributed by atoms with E-state index in [0.29, 0.717) is 25.8 Å². The molecule has 0 radical (unpaired) electrons. The number of amides is 2. The first kappa shape index (κ1) is 24.0. The smallest absolute Gasteiger partial charge is 0.243 e. The molecule has 2 amide bonds. The highest BCUT2D eigenvalue weighted by Gasteiger charge is 2.30. The van der Waals surface area contributed by atoms with Gasteiger partial charge < -0.3 is 10.2 Å². The van der Waals surface area contributed by atoms with Crippen molar-refractivity contribution in [1.29, 1.82) is 0 Å². The highest BCUT2D eigenvalue weighted by molar-refractivity contribution is 5.88. The van der Waals surface area contributed by atoms with E-state index >= 15 is 0 Å². The summed E-state index contributed by atoms with van der Waals surface area (Å²) >= 11 is 0. The summed E-state index contributed by atoms with van der Waals surface area (Å²) in [6.07, 6.45) is 7.15. The number of benzene rings is 2. The van der Waals surface area contributed by atoms with Crippen molar-refractivity contribution in [3.63, 3.8) is 0 Å². The zero-order chi connectivity index (χ0) is 22.9. The van der Waals surface area contributed by atoms with Gasteiger partial charge in [0.05, 0.1) is 0 Å². The van der Waals surface area contributed by atoms with Crippen molar-refractivity contribution in [2.75, 3.05) is 0 Å². The Labute approximate surface area is 193 Å². The molecule has 1 unspecified atom stereocenters. The molecule has 4 nitrogen and oxygen atoms in total. The molecule has 0 aliphatic heterocycles. The lowest BCUT2D eigenvalue weighted by Gasteiger charge is -2.31. The molecule has 1 fully saturated rings. The summed E-state index contributed by atoms with van der Waals surface area (Å²) in [4.78, 5) is 28.4. The fraction of sp³-hybridized carbons (Fsp3) is 0.500. The van der Waals surface area contributed by atoms with Gasteiger partial charge in [0.1, 0.15) is 6.04 Å². The summed E-state index contributed by atoms with van der Waals surface area (Å²) in [5, 5.41) is 3.21. The molecule has 0 saturated heterocycles. The number of aryl methyl sites for hydroxylation is 3. The van der Waals surface area contributed by atoms with Gasteiger partial charge in [-0.1, -0.05) is 80.8 Å². The van der Waals surface area contributed by atoms with E-state index in [2.05, 4.69) is 67.7 Å². The Morgan fingerprint density at radius 1 is 0.938 bits per heavy atom. The molecule has 0 heterocycles. The molecule has 172 valence electrons. The Morgan fingerprint density at radius 3 is 2.12 bits per heavy atom. The van der Waals surface area contributed by atoms with Crippen LogP contribution >= 0.6 is 0 Å². The van der Waals surface area contributed by atoms with Gasteiger partial charge in [0.2, 0.25) is 11.8 Å². The number of carbonyl (C=O) groups is 2. The minimum Gasteiger partial charge on any atom is -0.352 e. The summed E-state index contributed by atoms with van der Waals surface area (Å²) in [5.74, 6) is 0.0331. The molecule has 4 heteroatoms. The van der Waals surface area contributed by atoms with Gasteiger partial charge in [-0.05, 0) is 55.7 Å². The average Bonchev–Trinajstić information content (AvgIpc) is 3.32. The third-order valence-corrected chi connectivity index (χ3v) is 6.62. The summed E-state index contributed by atoms with van der Waals surface area (Å²) < 4.78 is 0. The summed E-state index contributed by atoms with van der Waals surface area (Å²) in [5.41, 5.74) is 4.71. The van der Waals surface area contributed by atoms with E-state index in [1.807, 2.05) is 6.92 Å². The summed E-state index contributed by atoms with van der Waals surface area (Å²) in [6.45, 7) is 6.66. The van der Waals surface area contributed by atoms with Gasteiger partial charge >= 0.3 is 0 Å². The van der Waals surface area contributed by atoms with E-state index in [-0.39, 0.29) is 17.9 Å². The summed E-state index contributed by atoms with van der Waals surface area (Å²) in [7, 11) is 0. The standard InChI is InChI=1S/C28H38N2O2/c1-4-22-14-16-23(17-15-22)18-19-27(31)30(20-24-12-10-21(3)11-13-24)26(5-2)28(32)29-25-8-6-7-9-25/h10-17,25-26H,4-9,18-20H2,1-3H3,(H,29,32). The number of hydrogen-bond acceptors (Lipinski definition) is 2. The van der Waals surface area contributed by atoms with E-state index in [1.165, 1.54) is 24.0 Å². The van der Waals surface area contributed by atoms with Crippen LogP contribution in [0.4, 0.5) is 0 Å². The highest BCUT2D eigenvalue weighted by atomic mass is 16.2. The lowest BCUT2D eigenvalue weighted by atomic mass is 10.0. The van der Waals surface area contributed by atoms with Gasteiger partial charge in [-0.2, -0.15) is 0 Å². The van der Waals surface area contributed by atoms with Crippen LogP contribution in [-0.2, 0) is 29.0 Å². The average molecular weight is 435 g/mol. The molecular weight excluding hydrogens is 396 g/mol. The van der Waals surface area contributed by atoms with E-state index in [0.717, 1.165) is 30.4 Å². The zero-order valence-corrected chi connectivity index (χ0v) is 19.9. The van der Waals surface area contributed by atoms with Crippen LogP contribution in [0.25, 0.3) is 0 Å². The molecule has 1 saturated carbocycles. The quantitative estimate of drug-likeness (QED) is 0.547. The van der Waals surface area contributed by atoms with Crippen LogP contribution in [-0.4, -0.2) is 28.8 Å². The molecule has 0 spiro atoms. The highest BCUT2D eigenvalue weighted by Crippen LogP contribution is 2.20. The van der Waals surface area contributed by atoms with Crippen LogP contribution in [0.15, 0.2) is 48.5 Å². The maximum atomic E-state index is 13.4. The van der Waals surface area contributed by atoms with E-state index in [4.69, 9.17) is 0 Å². The zero-order valence-electron chi connectivity index (χ0n) is 19.9. The predicted octanol–water partition coefficient (Wildman–Crippen LogP) is 5.36. The Hall–Kier alpha value is -2.62. The van der Waals surface area contributed by atoms with Gasteiger partial charge in [0.25, 0.3) is 0 Å². The third kappa shape index (κ3) is 6.69. The van der Waals surface area contributed by atoms with E-state index in [1.54, 1.807) is 4.90 Å². The monoisotopic (exact) mass is 434 g/mol. The molecule has 2 aromatic carbocycles. The van der Waals surface area contributed by atoms with Gasteiger partial charge in [0.15, 0.2) is 0 Å². The van der Waals surface area contributed by atoms with Crippen molar-refractivity contribution in [3.8, 4) is 0 Å². The number of rotatable bonds is 10. The first-order valence-electron chi connectivity index (χ1n) is 12.2. The second-order valence-electron chi connectivity index (χ2n) is 9.09. The largest absolute Gasteiger partial charge is 0.352 e. The topological polar surface area (TPSA) is 49.4 Å². The van der Waals surface area contributed by atoms with Gasteiger partial charge in [-0.25, -0.2) is 0 Å². The number of nitrogens with one attached hydrogen (secondary N) is 1. The number of carbonyl (C=O) groups excluding carboxylic acids is 2. The Balaban J connectivity index is 1.73. The van der Waals surface area contributed by atoms with Crippen LogP contribution in [0.1, 0.15) is 74.6 Å². The van der Waals surface area contributed by atoms with Crippen molar-refractivity contribution < 1.29 is 9.59 Å². The number of hydrogen-bond donors (Lipinski definition) is 1.